The van der Waals surface area contributed by atoms with Gasteiger partial charge in [0.2, 0.25) is 0 Å². The summed E-state index contributed by atoms with van der Waals surface area (Å²) in [6, 6.07) is 25.7. The van der Waals surface area contributed by atoms with E-state index >= 15 is 0 Å². The summed E-state index contributed by atoms with van der Waals surface area (Å²) in [6.07, 6.45) is 1.64. The van der Waals surface area contributed by atoms with E-state index in [9.17, 15) is 4.79 Å². The van der Waals surface area contributed by atoms with E-state index in [1.807, 2.05) is 31.2 Å². The second-order valence-corrected chi connectivity index (χ2v) is 8.60. The molecule has 1 N–H and O–H groups in total. The van der Waals surface area contributed by atoms with E-state index in [2.05, 4.69) is 72.8 Å². The average Bonchev–Trinajstić information content (AvgIpc) is 3.53. The molecule has 30 heavy (non-hydrogen) atoms. The standard InChI is InChI=1S/C27H30N2O/c1-19-5-4-6-23(15-19)27(30)16-20-7-11-22(12-8-20)25-17-26(25)28-18-21-9-13-24(14-10-21)29(2)3/h4-15,25-26,28H,16-18H2,1-3H3. The van der Waals surface area contributed by atoms with E-state index < -0.39 is 0 Å². The first kappa shape index (κ1) is 20.4. The van der Waals surface area contributed by atoms with Gasteiger partial charge in [-0.3, -0.25) is 4.79 Å². The van der Waals surface area contributed by atoms with Gasteiger partial charge in [-0.25, -0.2) is 0 Å². The zero-order chi connectivity index (χ0) is 21.1. The molecule has 0 aromatic heterocycles. The van der Waals surface area contributed by atoms with Crippen molar-refractivity contribution in [2.24, 2.45) is 0 Å². The average molecular weight is 399 g/mol. The first-order valence-corrected chi connectivity index (χ1v) is 10.7. The van der Waals surface area contributed by atoms with Crippen molar-refractivity contribution in [2.75, 3.05) is 19.0 Å². The SMILES string of the molecule is Cc1cccc(C(=O)Cc2ccc(C3CC3NCc3ccc(N(C)C)cc3)cc2)c1. The molecule has 3 aromatic rings. The van der Waals surface area contributed by atoms with Crippen LogP contribution >= 0.6 is 0 Å². The highest BCUT2D eigenvalue weighted by Crippen LogP contribution is 2.41. The Kier molecular flexibility index (Phi) is 6.01. The minimum Gasteiger partial charge on any atom is -0.378 e. The van der Waals surface area contributed by atoms with Crippen molar-refractivity contribution in [1.82, 2.24) is 5.32 Å². The second kappa shape index (κ2) is 8.85. The van der Waals surface area contributed by atoms with Gasteiger partial charge in [0.25, 0.3) is 0 Å². The summed E-state index contributed by atoms with van der Waals surface area (Å²) in [4.78, 5) is 14.6. The van der Waals surface area contributed by atoms with Crippen LogP contribution < -0.4 is 10.2 Å². The van der Waals surface area contributed by atoms with E-state index in [1.54, 1.807) is 0 Å². The number of ketones is 1. The first-order valence-electron chi connectivity index (χ1n) is 10.7. The molecule has 0 amide bonds. The van der Waals surface area contributed by atoms with E-state index in [-0.39, 0.29) is 5.78 Å². The van der Waals surface area contributed by atoms with Crippen LogP contribution in [0.3, 0.4) is 0 Å². The van der Waals surface area contributed by atoms with Gasteiger partial charge in [-0.15, -0.1) is 0 Å². The molecule has 1 saturated carbocycles. The largest absolute Gasteiger partial charge is 0.378 e. The van der Waals surface area contributed by atoms with Crippen LogP contribution in [0.15, 0.2) is 72.8 Å². The van der Waals surface area contributed by atoms with Crippen LogP contribution in [0.1, 0.15) is 45.0 Å². The molecule has 0 aliphatic heterocycles. The summed E-state index contributed by atoms with van der Waals surface area (Å²) in [5.41, 5.74) is 6.90. The Bertz CT molecular complexity index is 1010. The molecule has 3 heteroatoms. The van der Waals surface area contributed by atoms with Gasteiger partial charge in [0.1, 0.15) is 0 Å². The fourth-order valence-electron chi connectivity index (χ4n) is 3.94. The molecule has 0 radical (unpaired) electrons. The minimum absolute atomic E-state index is 0.178. The summed E-state index contributed by atoms with van der Waals surface area (Å²) in [7, 11) is 4.12. The van der Waals surface area contributed by atoms with Crippen molar-refractivity contribution >= 4 is 11.5 Å². The maximum Gasteiger partial charge on any atom is 0.167 e. The molecule has 0 spiro atoms. The number of carbonyl (C=O) groups is 1. The predicted octanol–water partition coefficient (Wildman–Crippen LogP) is 5.13. The monoisotopic (exact) mass is 398 g/mol. The molecule has 0 saturated heterocycles. The molecule has 0 heterocycles. The zero-order valence-electron chi connectivity index (χ0n) is 18.1. The highest BCUT2D eigenvalue weighted by Gasteiger charge is 2.37. The molecular weight excluding hydrogens is 368 g/mol. The zero-order valence-corrected chi connectivity index (χ0v) is 18.1. The van der Waals surface area contributed by atoms with Crippen LogP contribution in [0.5, 0.6) is 0 Å². The van der Waals surface area contributed by atoms with Crippen molar-refractivity contribution in [3.63, 3.8) is 0 Å². The molecule has 1 aliphatic rings. The third kappa shape index (κ3) is 4.98. The van der Waals surface area contributed by atoms with Crippen LogP contribution in [-0.2, 0) is 13.0 Å². The summed E-state index contributed by atoms with van der Waals surface area (Å²) in [5.74, 6) is 0.755. The third-order valence-electron chi connectivity index (χ3n) is 5.92. The Morgan fingerprint density at radius 3 is 2.33 bits per heavy atom. The Hall–Kier alpha value is -2.91. The Morgan fingerprint density at radius 2 is 1.67 bits per heavy atom. The van der Waals surface area contributed by atoms with Gasteiger partial charge < -0.3 is 10.2 Å². The van der Waals surface area contributed by atoms with Crippen LogP contribution in [-0.4, -0.2) is 25.9 Å². The number of Topliss-reactive ketones (excluding diaryl/α,β-unsaturated/α-hetero) is 1. The van der Waals surface area contributed by atoms with Gasteiger partial charge in [0.05, 0.1) is 0 Å². The fraction of sp³-hybridized carbons (Fsp3) is 0.296. The number of aryl methyl sites for hydroxylation is 1. The van der Waals surface area contributed by atoms with Gasteiger partial charge >= 0.3 is 0 Å². The van der Waals surface area contributed by atoms with Gasteiger partial charge in [0.15, 0.2) is 5.78 Å². The Labute approximate surface area is 179 Å². The van der Waals surface area contributed by atoms with Crippen molar-refractivity contribution in [1.29, 1.82) is 0 Å². The molecular formula is C27H30N2O. The number of hydrogen-bond donors (Lipinski definition) is 1. The molecule has 2 unspecified atom stereocenters. The predicted molar refractivity (Wildman–Crippen MR) is 124 cm³/mol. The first-order chi connectivity index (χ1) is 14.5. The van der Waals surface area contributed by atoms with E-state index in [0.29, 0.717) is 18.4 Å². The lowest BCUT2D eigenvalue weighted by molar-refractivity contribution is 0.0993. The molecule has 4 rings (SSSR count). The second-order valence-electron chi connectivity index (χ2n) is 8.60. The number of benzene rings is 3. The fourth-order valence-corrected chi connectivity index (χ4v) is 3.94. The van der Waals surface area contributed by atoms with E-state index in [4.69, 9.17) is 0 Å². The molecule has 1 aliphatic carbocycles. The topological polar surface area (TPSA) is 32.3 Å². The van der Waals surface area contributed by atoms with Crippen molar-refractivity contribution in [3.05, 3.63) is 101 Å². The molecule has 1 fully saturated rings. The van der Waals surface area contributed by atoms with Crippen LogP contribution in [0.2, 0.25) is 0 Å². The minimum atomic E-state index is 0.178. The van der Waals surface area contributed by atoms with Gasteiger partial charge in [-0.2, -0.15) is 0 Å². The third-order valence-corrected chi connectivity index (χ3v) is 5.92. The lowest BCUT2D eigenvalue weighted by Gasteiger charge is -2.13. The number of nitrogens with zero attached hydrogens (tertiary/aromatic N) is 1. The smallest absolute Gasteiger partial charge is 0.167 e. The molecule has 0 bridgehead atoms. The maximum absolute atomic E-state index is 12.5. The molecule has 154 valence electrons. The number of hydrogen-bond acceptors (Lipinski definition) is 3. The summed E-state index contributed by atoms with van der Waals surface area (Å²) < 4.78 is 0. The number of nitrogens with one attached hydrogen (secondary N) is 1. The summed E-state index contributed by atoms with van der Waals surface area (Å²) >= 11 is 0. The molecule has 2 atom stereocenters. The van der Waals surface area contributed by atoms with Crippen molar-refractivity contribution < 1.29 is 4.79 Å². The van der Waals surface area contributed by atoms with Crippen LogP contribution in [0.25, 0.3) is 0 Å². The highest BCUT2D eigenvalue weighted by atomic mass is 16.1. The highest BCUT2D eigenvalue weighted by molar-refractivity contribution is 5.97. The number of anilines is 1. The lowest BCUT2D eigenvalue weighted by atomic mass is 10.00. The summed E-state index contributed by atoms with van der Waals surface area (Å²) in [6.45, 7) is 2.92. The van der Waals surface area contributed by atoms with Crippen molar-refractivity contribution in [3.8, 4) is 0 Å². The Balaban J connectivity index is 1.28. The van der Waals surface area contributed by atoms with E-state index in [0.717, 1.165) is 23.2 Å². The van der Waals surface area contributed by atoms with Gasteiger partial charge in [-0.05, 0) is 48.2 Å². The van der Waals surface area contributed by atoms with Crippen LogP contribution in [0, 0.1) is 6.92 Å². The van der Waals surface area contributed by atoms with E-state index in [1.165, 1.54) is 23.2 Å². The molecule has 3 aromatic carbocycles. The molecule has 3 nitrogen and oxygen atoms in total. The lowest BCUT2D eigenvalue weighted by Crippen LogP contribution is -2.17. The summed E-state index contributed by atoms with van der Waals surface area (Å²) in [5, 5.41) is 3.68. The normalized spacial score (nSPS) is 17.6. The van der Waals surface area contributed by atoms with Crippen molar-refractivity contribution in [2.45, 2.75) is 38.3 Å². The number of carbonyl (C=O) groups excluding carboxylic acids is 1. The Morgan fingerprint density at radius 1 is 0.967 bits per heavy atom. The number of rotatable bonds is 8. The van der Waals surface area contributed by atoms with Crippen LogP contribution in [0.4, 0.5) is 5.69 Å². The van der Waals surface area contributed by atoms with Gasteiger partial charge in [-0.1, -0.05) is 60.2 Å². The van der Waals surface area contributed by atoms with Gasteiger partial charge in [0, 0.05) is 50.3 Å². The maximum atomic E-state index is 12.5. The quantitative estimate of drug-likeness (QED) is 0.534.